The average molecular weight is 320 g/mol. The van der Waals surface area contributed by atoms with Crippen LogP contribution in [0, 0.1) is 0 Å². The maximum Gasteiger partial charge on any atom is 0.408 e. The number of anilines is 3. The number of carbonyl (C=O) groups is 1. The van der Waals surface area contributed by atoms with E-state index >= 15 is 0 Å². The van der Waals surface area contributed by atoms with Crippen molar-refractivity contribution in [3.63, 3.8) is 0 Å². The van der Waals surface area contributed by atoms with Gasteiger partial charge in [-0.25, -0.2) is 0 Å². The second-order valence-corrected chi connectivity index (χ2v) is 4.92. The number of nitrogens with one attached hydrogen (secondary N) is 1. The van der Waals surface area contributed by atoms with Crippen LogP contribution < -0.4 is 20.5 Å². The van der Waals surface area contributed by atoms with E-state index in [2.05, 4.69) is 16.9 Å². The first kappa shape index (κ1) is 16.6. The van der Waals surface area contributed by atoms with Gasteiger partial charge in [-0.1, -0.05) is 4.98 Å². The number of fused-ring (bicyclic) bond motifs is 1. The van der Waals surface area contributed by atoms with E-state index in [1.54, 1.807) is 10.6 Å². The van der Waals surface area contributed by atoms with E-state index in [1.807, 2.05) is 18.7 Å². The van der Waals surface area contributed by atoms with Gasteiger partial charge in [-0.2, -0.15) is 0 Å². The molecule has 0 aliphatic rings. The molecule has 0 atom stereocenters. The van der Waals surface area contributed by atoms with E-state index < -0.39 is 0 Å². The van der Waals surface area contributed by atoms with Crippen molar-refractivity contribution in [3.8, 4) is 0 Å². The van der Waals surface area contributed by atoms with E-state index in [4.69, 9.17) is 14.9 Å². The number of hydrogen-bond donors (Lipinski definition) is 2. The number of hydrogen-bond acceptors (Lipinski definition) is 6. The third-order valence-electron chi connectivity index (χ3n) is 3.42. The Morgan fingerprint density at radius 2 is 2.17 bits per heavy atom. The molecule has 23 heavy (non-hydrogen) atoms. The largest absolute Gasteiger partial charge is 0.471 e. The van der Waals surface area contributed by atoms with Crippen LogP contribution in [0.4, 0.5) is 17.5 Å². The zero-order valence-corrected chi connectivity index (χ0v) is 13.8. The Morgan fingerprint density at radius 1 is 1.52 bits per heavy atom. The zero-order chi connectivity index (χ0) is 17.1. The number of methoxy groups -OCH3 is 1. The van der Waals surface area contributed by atoms with E-state index in [9.17, 15) is 4.79 Å². The lowest BCUT2D eigenvalue weighted by molar-refractivity contribution is -0.565. The van der Waals surface area contributed by atoms with Gasteiger partial charge < -0.3 is 14.9 Å². The number of carbonyl (C=O) groups excluding carboxylic acids is 1. The molecule has 0 saturated heterocycles. The van der Waals surface area contributed by atoms with Gasteiger partial charge in [-0.15, -0.1) is 4.57 Å². The van der Waals surface area contributed by atoms with E-state index in [0.29, 0.717) is 28.8 Å². The number of aromatic nitrogens is 2. The van der Waals surface area contributed by atoms with Gasteiger partial charge in [-0.3, -0.25) is 15.0 Å². The fourth-order valence-corrected chi connectivity index (χ4v) is 2.25. The minimum absolute atomic E-state index is 0.256. The molecule has 2 rings (SSSR count). The van der Waals surface area contributed by atoms with Gasteiger partial charge in [0.15, 0.2) is 0 Å². The van der Waals surface area contributed by atoms with Crippen molar-refractivity contribution in [2.24, 2.45) is 0 Å². The fourth-order valence-electron chi connectivity index (χ4n) is 2.25. The highest BCUT2D eigenvalue weighted by Gasteiger charge is 2.29. The molecule has 124 valence electrons. The molecular formula is C15H22N5O3+. The predicted octanol–water partition coefficient (Wildman–Crippen LogP) is 1.58. The summed E-state index contributed by atoms with van der Waals surface area (Å²) in [6, 6.07) is 2.17. The van der Waals surface area contributed by atoms with Crippen LogP contribution >= 0.6 is 0 Å². The smallest absolute Gasteiger partial charge is 0.408 e. The average Bonchev–Trinajstić information content (AvgIpc) is 2.85. The summed E-state index contributed by atoms with van der Waals surface area (Å²) >= 11 is 0. The summed E-state index contributed by atoms with van der Waals surface area (Å²) in [5.41, 5.74) is 7.20. The molecule has 0 bridgehead atoms. The van der Waals surface area contributed by atoms with Crippen LogP contribution in [-0.4, -0.2) is 31.1 Å². The number of pyridine rings is 1. The lowest BCUT2D eigenvalue weighted by Gasteiger charge is -2.13. The molecule has 2 heterocycles. The van der Waals surface area contributed by atoms with Gasteiger partial charge in [0, 0.05) is 13.0 Å². The summed E-state index contributed by atoms with van der Waals surface area (Å²) in [6.45, 7) is 10.8. The standard InChI is InChI=1S/C15H21N5O3/c1-6-19(7-2)15-20(10(4)22-5)14-12(23-15)8-11(16)13(18-14)17-9(3)21/h8H,4,6-7,16H2,1-3,5H3/p+1. The quantitative estimate of drug-likeness (QED) is 0.619. The molecule has 1 amide bonds. The summed E-state index contributed by atoms with van der Waals surface area (Å²) < 4.78 is 12.8. The monoisotopic (exact) mass is 320 g/mol. The van der Waals surface area contributed by atoms with Gasteiger partial charge in [0.1, 0.15) is 0 Å². The minimum atomic E-state index is -0.256. The van der Waals surface area contributed by atoms with Gasteiger partial charge in [0.25, 0.3) is 5.88 Å². The molecule has 0 unspecified atom stereocenters. The van der Waals surface area contributed by atoms with Crippen molar-refractivity contribution in [1.82, 2.24) is 4.98 Å². The first-order valence-electron chi connectivity index (χ1n) is 7.33. The van der Waals surface area contributed by atoms with Crippen LogP contribution in [0.2, 0.25) is 0 Å². The Morgan fingerprint density at radius 3 is 2.70 bits per heavy atom. The first-order valence-corrected chi connectivity index (χ1v) is 7.33. The van der Waals surface area contributed by atoms with Crippen molar-refractivity contribution in [2.45, 2.75) is 20.8 Å². The minimum Gasteiger partial charge on any atom is -0.471 e. The maximum absolute atomic E-state index is 11.3. The van der Waals surface area contributed by atoms with Crippen LogP contribution in [0.15, 0.2) is 17.1 Å². The zero-order valence-electron chi connectivity index (χ0n) is 13.8. The number of ether oxygens (including phenoxy) is 1. The summed E-state index contributed by atoms with van der Waals surface area (Å²) in [5.74, 6) is 0.374. The van der Waals surface area contributed by atoms with E-state index in [1.165, 1.54) is 14.0 Å². The summed E-state index contributed by atoms with van der Waals surface area (Å²) in [5, 5.41) is 2.60. The molecule has 0 aliphatic heterocycles. The lowest BCUT2D eigenvalue weighted by atomic mass is 10.3. The number of nitrogens with two attached hydrogens (primary N) is 1. The number of nitrogens with zero attached hydrogens (tertiary/aromatic N) is 3. The van der Waals surface area contributed by atoms with Crippen molar-refractivity contribution in [1.29, 1.82) is 0 Å². The van der Waals surface area contributed by atoms with Gasteiger partial charge in [-0.05, 0) is 20.4 Å². The lowest BCUT2D eigenvalue weighted by Crippen LogP contribution is -2.40. The Balaban J connectivity index is 2.73. The van der Waals surface area contributed by atoms with Crippen molar-refractivity contribution >= 4 is 40.5 Å². The third-order valence-corrected chi connectivity index (χ3v) is 3.42. The second kappa shape index (κ2) is 6.55. The van der Waals surface area contributed by atoms with Crippen molar-refractivity contribution in [3.05, 3.63) is 12.6 Å². The van der Waals surface area contributed by atoms with Gasteiger partial charge in [0.05, 0.1) is 25.9 Å². The Labute approximate surface area is 134 Å². The van der Waals surface area contributed by atoms with Gasteiger partial charge in [0.2, 0.25) is 17.3 Å². The van der Waals surface area contributed by atoms with E-state index in [0.717, 1.165) is 13.1 Å². The molecule has 0 spiro atoms. The molecule has 0 aliphatic carbocycles. The summed E-state index contributed by atoms with van der Waals surface area (Å²) in [4.78, 5) is 17.7. The van der Waals surface area contributed by atoms with E-state index in [-0.39, 0.29) is 11.7 Å². The maximum atomic E-state index is 11.3. The second-order valence-electron chi connectivity index (χ2n) is 4.92. The Hall–Kier alpha value is -2.77. The molecule has 0 radical (unpaired) electrons. The molecule has 2 aromatic heterocycles. The number of nitrogen functional groups attached to an aromatic ring is 1. The van der Waals surface area contributed by atoms with Crippen LogP contribution in [0.3, 0.4) is 0 Å². The van der Waals surface area contributed by atoms with Crippen LogP contribution in [0.1, 0.15) is 20.8 Å². The molecule has 0 saturated carbocycles. The van der Waals surface area contributed by atoms with Crippen LogP contribution in [0.25, 0.3) is 17.1 Å². The summed E-state index contributed by atoms with van der Waals surface area (Å²) in [7, 11) is 1.52. The molecule has 0 fully saturated rings. The fraction of sp³-hybridized carbons (Fsp3) is 0.400. The first-order chi connectivity index (χ1) is 10.9. The topological polar surface area (TPSA) is 97.5 Å². The molecule has 0 aromatic carbocycles. The highest BCUT2D eigenvalue weighted by molar-refractivity contribution is 5.92. The Bertz CT molecular complexity index is 749. The number of oxazole rings is 1. The molecular weight excluding hydrogens is 298 g/mol. The molecule has 8 heteroatoms. The number of rotatable bonds is 6. The SMILES string of the molecule is C=C(OC)[n+]1c(N(CC)CC)oc2cc(N)c(NC(C)=O)nc21. The molecule has 3 N–H and O–H groups in total. The molecule has 8 nitrogen and oxygen atoms in total. The highest BCUT2D eigenvalue weighted by Crippen LogP contribution is 2.26. The summed E-state index contributed by atoms with van der Waals surface area (Å²) in [6.07, 6.45) is 0. The van der Waals surface area contributed by atoms with Crippen LogP contribution in [-0.2, 0) is 9.53 Å². The Kier molecular flexibility index (Phi) is 4.73. The predicted molar refractivity (Wildman–Crippen MR) is 88.8 cm³/mol. The van der Waals surface area contributed by atoms with Gasteiger partial charge >= 0.3 is 11.7 Å². The normalized spacial score (nSPS) is 10.6. The highest BCUT2D eigenvalue weighted by atomic mass is 16.5. The van der Waals surface area contributed by atoms with Crippen molar-refractivity contribution < 1.29 is 18.5 Å². The van der Waals surface area contributed by atoms with Crippen molar-refractivity contribution in [2.75, 3.05) is 36.1 Å². The third kappa shape index (κ3) is 3.05. The number of amides is 1. The van der Waals surface area contributed by atoms with Crippen LogP contribution in [0.5, 0.6) is 0 Å². The molecule has 2 aromatic rings.